The molecule has 0 saturated carbocycles. The topological polar surface area (TPSA) is 68.2 Å². The van der Waals surface area contributed by atoms with Gasteiger partial charge in [0.25, 0.3) is 0 Å². The number of halogens is 1. The summed E-state index contributed by atoms with van der Waals surface area (Å²) in [6.07, 6.45) is 5.04. The maximum Gasteiger partial charge on any atom is 0.315 e. The summed E-state index contributed by atoms with van der Waals surface area (Å²) in [6, 6.07) is 13.4. The van der Waals surface area contributed by atoms with E-state index in [1.165, 1.54) is 12.1 Å². The molecular weight excluding hydrogens is 359 g/mol. The Kier molecular flexibility index (Phi) is 5.23. The van der Waals surface area contributed by atoms with Gasteiger partial charge in [0.1, 0.15) is 11.6 Å². The fourth-order valence-corrected chi connectivity index (χ4v) is 3.38. The van der Waals surface area contributed by atoms with Crippen molar-refractivity contribution < 1.29 is 13.9 Å². The number of rotatable bonds is 4. The molecule has 7 heteroatoms. The number of nitrogens with zero attached hydrogens (tertiary/aromatic N) is 2. The minimum atomic E-state index is -0.343. The van der Waals surface area contributed by atoms with Crippen LogP contribution in [0.15, 0.2) is 60.9 Å². The number of nitrogens with one attached hydrogen (secondary N) is 2. The number of fused-ring (bicyclic) bond motifs is 1. The van der Waals surface area contributed by atoms with Crippen molar-refractivity contribution >= 4 is 6.03 Å². The number of hydrogen-bond acceptors (Lipinski definition) is 3. The Hall–Kier alpha value is -3.35. The highest BCUT2D eigenvalue weighted by Crippen LogP contribution is 2.32. The first kappa shape index (κ1) is 18.0. The fraction of sp³-hybridized carbons (Fsp3) is 0.238. The van der Waals surface area contributed by atoms with E-state index in [-0.39, 0.29) is 17.9 Å². The lowest BCUT2D eigenvalue weighted by molar-refractivity contribution is 0.235. The minimum Gasteiger partial charge on any atom is -0.493 e. The van der Waals surface area contributed by atoms with E-state index in [9.17, 15) is 9.18 Å². The zero-order valence-corrected chi connectivity index (χ0v) is 15.3. The quantitative estimate of drug-likeness (QED) is 0.725. The van der Waals surface area contributed by atoms with Crippen molar-refractivity contribution in [2.24, 2.45) is 0 Å². The number of para-hydroxylation sites is 1. The van der Waals surface area contributed by atoms with Crippen LogP contribution in [0.3, 0.4) is 0 Å². The molecule has 1 aromatic heterocycles. The molecule has 28 heavy (non-hydrogen) atoms. The fourth-order valence-electron chi connectivity index (χ4n) is 3.38. The highest BCUT2D eigenvalue weighted by molar-refractivity contribution is 5.74. The van der Waals surface area contributed by atoms with Crippen LogP contribution in [0.4, 0.5) is 9.18 Å². The Morgan fingerprint density at radius 1 is 1.25 bits per heavy atom. The second-order valence-corrected chi connectivity index (χ2v) is 6.63. The number of urea groups is 1. The number of benzene rings is 2. The zero-order chi connectivity index (χ0) is 19.3. The second-order valence-electron chi connectivity index (χ2n) is 6.63. The number of hydrogen-bond donors (Lipinski definition) is 2. The van der Waals surface area contributed by atoms with Gasteiger partial charge in [0.15, 0.2) is 0 Å². The average Bonchev–Trinajstić information content (AvgIpc) is 3.17. The van der Waals surface area contributed by atoms with E-state index in [2.05, 4.69) is 15.7 Å². The number of aromatic nitrogens is 2. The maximum absolute atomic E-state index is 13.7. The molecule has 2 heterocycles. The van der Waals surface area contributed by atoms with E-state index >= 15 is 0 Å². The molecule has 1 atom stereocenters. The first-order valence-corrected chi connectivity index (χ1v) is 9.25. The molecule has 2 aromatic carbocycles. The van der Waals surface area contributed by atoms with Crippen molar-refractivity contribution in [2.45, 2.75) is 25.4 Å². The van der Waals surface area contributed by atoms with Gasteiger partial charge in [0.05, 0.1) is 18.3 Å². The summed E-state index contributed by atoms with van der Waals surface area (Å²) in [6.45, 7) is 0.900. The van der Waals surface area contributed by atoms with Crippen LogP contribution in [0.25, 0.3) is 5.69 Å². The lowest BCUT2D eigenvalue weighted by Crippen LogP contribution is -2.37. The van der Waals surface area contributed by atoms with E-state index in [0.717, 1.165) is 17.7 Å². The van der Waals surface area contributed by atoms with Gasteiger partial charge in [-0.05, 0) is 48.7 Å². The van der Waals surface area contributed by atoms with Crippen molar-refractivity contribution in [1.82, 2.24) is 20.4 Å². The lowest BCUT2D eigenvalue weighted by atomic mass is 10.0. The van der Waals surface area contributed by atoms with Gasteiger partial charge in [0, 0.05) is 24.5 Å². The third kappa shape index (κ3) is 3.98. The summed E-state index contributed by atoms with van der Waals surface area (Å²) in [5.74, 6) is 0.276. The van der Waals surface area contributed by atoms with Gasteiger partial charge < -0.3 is 15.4 Å². The number of carbonyl (C=O) groups is 1. The van der Waals surface area contributed by atoms with Crippen molar-refractivity contribution in [2.75, 3.05) is 6.61 Å². The number of ether oxygens (including phenoxy) is 1. The summed E-state index contributed by atoms with van der Waals surface area (Å²) < 4.78 is 21.1. The van der Waals surface area contributed by atoms with Crippen LogP contribution in [0.5, 0.6) is 5.75 Å². The summed E-state index contributed by atoms with van der Waals surface area (Å²) in [5.41, 5.74) is 2.52. The van der Waals surface area contributed by atoms with E-state index in [1.54, 1.807) is 16.9 Å². The Morgan fingerprint density at radius 3 is 3.00 bits per heavy atom. The third-order valence-corrected chi connectivity index (χ3v) is 4.73. The van der Waals surface area contributed by atoms with Crippen LogP contribution < -0.4 is 15.4 Å². The van der Waals surface area contributed by atoms with Crippen molar-refractivity contribution in [3.63, 3.8) is 0 Å². The maximum atomic E-state index is 13.7. The Bertz CT molecular complexity index is 959. The molecular formula is C21H21FN4O2. The summed E-state index contributed by atoms with van der Waals surface area (Å²) in [5, 5.41) is 10.1. The predicted octanol–water partition coefficient (Wildman–Crippen LogP) is 3.72. The molecule has 1 aliphatic rings. The standard InChI is InChI=1S/C21H21FN4O2/c22-16-8-9-20-17(13-16)18(6-3-12-28-20)25-21(27)23-14-15-5-1-2-7-19(15)26-11-4-10-24-26/h1-2,4-5,7-11,13,18H,3,6,12,14H2,(H2,23,25,27)/t18-/m0/s1. The van der Waals surface area contributed by atoms with Gasteiger partial charge in [0.2, 0.25) is 0 Å². The van der Waals surface area contributed by atoms with Crippen LogP contribution in [0.2, 0.25) is 0 Å². The first-order valence-electron chi connectivity index (χ1n) is 9.25. The Balaban J connectivity index is 1.44. The number of amides is 2. The van der Waals surface area contributed by atoms with Crippen LogP contribution in [0.1, 0.15) is 30.0 Å². The van der Waals surface area contributed by atoms with E-state index < -0.39 is 0 Å². The molecule has 0 spiro atoms. The van der Waals surface area contributed by atoms with Crippen LogP contribution >= 0.6 is 0 Å². The molecule has 0 unspecified atom stereocenters. The Labute approximate surface area is 162 Å². The van der Waals surface area contributed by atoms with Crippen LogP contribution in [-0.4, -0.2) is 22.4 Å². The molecule has 4 rings (SSSR count). The molecule has 0 fully saturated rings. The Morgan fingerprint density at radius 2 is 2.14 bits per heavy atom. The smallest absolute Gasteiger partial charge is 0.315 e. The van der Waals surface area contributed by atoms with E-state index in [4.69, 9.17) is 4.74 Å². The van der Waals surface area contributed by atoms with Crippen molar-refractivity contribution in [1.29, 1.82) is 0 Å². The normalized spacial score (nSPS) is 15.8. The molecule has 0 aliphatic carbocycles. The molecule has 2 N–H and O–H groups in total. The molecule has 3 aromatic rings. The lowest BCUT2D eigenvalue weighted by Gasteiger charge is -2.19. The summed E-state index contributed by atoms with van der Waals surface area (Å²) in [7, 11) is 0. The number of carbonyl (C=O) groups excluding carboxylic acids is 1. The first-order chi connectivity index (χ1) is 13.7. The predicted molar refractivity (Wildman–Crippen MR) is 103 cm³/mol. The minimum absolute atomic E-state index is 0.297. The largest absolute Gasteiger partial charge is 0.493 e. The van der Waals surface area contributed by atoms with Gasteiger partial charge in [-0.15, -0.1) is 0 Å². The SMILES string of the molecule is O=C(NCc1ccccc1-n1cccn1)N[C@H]1CCCOc2ccc(F)cc21. The summed E-state index contributed by atoms with van der Waals surface area (Å²) in [4.78, 5) is 12.5. The molecule has 144 valence electrons. The van der Waals surface area contributed by atoms with Crippen molar-refractivity contribution in [3.05, 3.63) is 77.9 Å². The monoisotopic (exact) mass is 380 g/mol. The van der Waals surface area contributed by atoms with Crippen molar-refractivity contribution in [3.8, 4) is 11.4 Å². The average molecular weight is 380 g/mol. The van der Waals surface area contributed by atoms with Gasteiger partial charge in [-0.25, -0.2) is 13.9 Å². The molecule has 0 bridgehead atoms. The highest BCUT2D eigenvalue weighted by atomic mass is 19.1. The van der Waals surface area contributed by atoms with Crippen LogP contribution in [0, 0.1) is 5.82 Å². The second kappa shape index (κ2) is 8.12. The molecule has 0 saturated heterocycles. The highest BCUT2D eigenvalue weighted by Gasteiger charge is 2.22. The van der Waals surface area contributed by atoms with Crippen LogP contribution in [-0.2, 0) is 6.54 Å². The van der Waals surface area contributed by atoms with Gasteiger partial charge >= 0.3 is 6.03 Å². The summed E-state index contributed by atoms with van der Waals surface area (Å²) >= 11 is 0. The molecule has 0 radical (unpaired) electrons. The zero-order valence-electron chi connectivity index (χ0n) is 15.3. The van der Waals surface area contributed by atoms with Gasteiger partial charge in [-0.3, -0.25) is 0 Å². The van der Waals surface area contributed by atoms with E-state index in [1.807, 2.05) is 36.5 Å². The van der Waals surface area contributed by atoms with Gasteiger partial charge in [-0.2, -0.15) is 5.10 Å². The molecule has 2 amide bonds. The third-order valence-electron chi connectivity index (χ3n) is 4.73. The molecule has 1 aliphatic heterocycles. The van der Waals surface area contributed by atoms with E-state index in [0.29, 0.717) is 30.9 Å². The molecule has 6 nitrogen and oxygen atoms in total. The van der Waals surface area contributed by atoms with Gasteiger partial charge in [-0.1, -0.05) is 18.2 Å².